The van der Waals surface area contributed by atoms with Crippen molar-refractivity contribution in [1.82, 2.24) is 19.8 Å². The first-order chi connectivity index (χ1) is 15.5. The summed E-state index contributed by atoms with van der Waals surface area (Å²) < 4.78 is 0. The summed E-state index contributed by atoms with van der Waals surface area (Å²) in [6.45, 7) is 6.04. The number of aryl methyl sites for hydroxylation is 2. The summed E-state index contributed by atoms with van der Waals surface area (Å²) in [5.41, 5.74) is 3.57. The van der Waals surface area contributed by atoms with E-state index in [0.29, 0.717) is 21.8 Å². The molecule has 0 spiro atoms. The van der Waals surface area contributed by atoms with E-state index in [4.69, 9.17) is 23.2 Å². The van der Waals surface area contributed by atoms with Crippen LogP contribution in [0.2, 0.25) is 10.0 Å². The van der Waals surface area contributed by atoms with Crippen LogP contribution in [0.1, 0.15) is 65.8 Å². The number of carbonyl (C=O) groups is 1. The zero-order chi connectivity index (χ0) is 22.5. The molecule has 0 radical (unpaired) electrons. The lowest BCUT2D eigenvalue weighted by molar-refractivity contribution is 0.0583. The fourth-order valence-corrected chi connectivity index (χ4v) is 5.30. The minimum atomic E-state index is 0.0488. The molecule has 2 fully saturated rings. The fraction of sp³-hybridized carbons (Fsp3) is 0.560. The Morgan fingerprint density at radius 1 is 1.00 bits per heavy atom. The van der Waals surface area contributed by atoms with Gasteiger partial charge in [-0.15, -0.1) is 0 Å². The van der Waals surface area contributed by atoms with Crippen molar-refractivity contribution in [3.8, 4) is 0 Å². The molecule has 0 atom stereocenters. The summed E-state index contributed by atoms with van der Waals surface area (Å²) in [7, 11) is 0. The van der Waals surface area contributed by atoms with Gasteiger partial charge in [-0.2, -0.15) is 0 Å². The topological polar surface area (TPSA) is 49.3 Å². The molecule has 0 N–H and O–H groups in total. The van der Waals surface area contributed by atoms with Gasteiger partial charge < -0.3 is 9.80 Å². The Hall–Kier alpha value is -1.69. The molecular formula is C25H32Cl2N4O. The second-order valence-electron chi connectivity index (χ2n) is 9.02. The molecule has 0 bridgehead atoms. The number of halogens is 2. The number of carbonyl (C=O) groups excluding carboxylic acids is 1. The summed E-state index contributed by atoms with van der Waals surface area (Å²) in [6, 6.07) is 6.38. The van der Waals surface area contributed by atoms with E-state index in [1.165, 1.54) is 38.7 Å². The van der Waals surface area contributed by atoms with E-state index in [2.05, 4.69) is 14.9 Å². The molecular weight excluding hydrogens is 443 g/mol. The van der Waals surface area contributed by atoms with Crippen LogP contribution < -0.4 is 0 Å². The number of nitrogens with zero attached hydrogens (tertiary/aromatic N) is 4. The first kappa shape index (κ1) is 23.5. The zero-order valence-electron chi connectivity index (χ0n) is 18.8. The van der Waals surface area contributed by atoms with Gasteiger partial charge in [0.2, 0.25) is 0 Å². The Kier molecular flexibility index (Phi) is 8.03. The smallest absolute Gasteiger partial charge is 0.272 e. The van der Waals surface area contributed by atoms with Crippen LogP contribution in [0.15, 0.2) is 24.5 Å². The highest BCUT2D eigenvalue weighted by Gasteiger charge is 2.29. The number of piperidine rings is 2. The quantitative estimate of drug-likeness (QED) is 0.565. The molecule has 2 aromatic rings. The van der Waals surface area contributed by atoms with Crippen LogP contribution in [0, 0.1) is 6.92 Å². The third-order valence-corrected chi connectivity index (χ3v) is 7.65. The predicted octanol–water partition coefficient (Wildman–Crippen LogP) is 5.36. The van der Waals surface area contributed by atoms with Gasteiger partial charge in [-0.25, -0.2) is 9.97 Å². The number of aromatic nitrogens is 2. The van der Waals surface area contributed by atoms with Gasteiger partial charge in [-0.05, 0) is 82.7 Å². The predicted molar refractivity (Wildman–Crippen MR) is 130 cm³/mol. The van der Waals surface area contributed by atoms with Crippen molar-refractivity contribution >= 4 is 29.1 Å². The molecule has 1 aromatic heterocycles. The standard InChI is InChI=1S/C25H32Cl2N4O/c1-18-23(7-5-6-19-8-9-21(26)22(27)16-19)28-17-29-24(18)25(32)31-14-10-20(11-15-31)30-12-3-2-4-13-30/h8-9,16-17,20H,2-7,10-15H2,1H3. The van der Waals surface area contributed by atoms with Gasteiger partial charge in [0.05, 0.1) is 10.0 Å². The van der Waals surface area contributed by atoms with Crippen LogP contribution in [-0.2, 0) is 12.8 Å². The van der Waals surface area contributed by atoms with Crippen molar-refractivity contribution in [3.63, 3.8) is 0 Å². The lowest BCUT2D eigenvalue weighted by Gasteiger charge is -2.40. The molecule has 3 heterocycles. The van der Waals surface area contributed by atoms with Gasteiger partial charge in [-0.3, -0.25) is 4.79 Å². The lowest BCUT2D eigenvalue weighted by Crippen LogP contribution is -2.48. The van der Waals surface area contributed by atoms with E-state index < -0.39 is 0 Å². The van der Waals surface area contributed by atoms with Crippen LogP contribution in [-0.4, -0.2) is 57.9 Å². The van der Waals surface area contributed by atoms with E-state index in [9.17, 15) is 4.79 Å². The maximum Gasteiger partial charge on any atom is 0.272 e. The molecule has 2 saturated heterocycles. The molecule has 0 saturated carbocycles. The molecule has 1 aromatic carbocycles. The maximum absolute atomic E-state index is 13.2. The summed E-state index contributed by atoms with van der Waals surface area (Å²) in [6.07, 6.45) is 10.2. The molecule has 0 unspecified atom stereocenters. The number of rotatable bonds is 6. The number of amides is 1. The number of likely N-dealkylation sites (tertiary alicyclic amines) is 2. The number of benzene rings is 1. The van der Waals surface area contributed by atoms with Crippen molar-refractivity contribution in [2.45, 2.75) is 64.3 Å². The average Bonchev–Trinajstić information content (AvgIpc) is 2.83. The van der Waals surface area contributed by atoms with Gasteiger partial charge in [0.1, 0.15) is 12.0 Å². The second kappa shape index (κ2) is 11.0. The van der Waals surface area contributed by atoms with Crippen molar-refractivity contribution < 1.29 is 4.79 Å². The highest BCUT2D eigenvalue weighted by atomic mass is 35.5. The molecule has 4 rings (SSSR count). The largest absolute Gasteiger partial charge is 0.337 e. The van der Waals surface area contributed by atoms with Crippen LogP contribution in [0.5, 0.6) is 0 Å². The normalized spacial score (nSPS) is 18.2. The summed E-state index contributed by atoms with van der Waals surface area (Å²) in [5.74, 6) is 0.0488. The van der Waals surface area contributed by atoms with Crippen LogP contribution in [0.4, 0.5) is 0 Å². The molecule has 1 amide bonds. The summed E-state index contributed by atoms with van der Waals surface area (Å²) in [4.78, 5) is 26.7. The summed E-state index contributed by atoms with van der Waals surface area (Å²) >= 11 is 12.1. The van der Waals surface area contributed by atoms with Gasteiger partial charge in [-0.1, -0.05) is 35.7 Å². The number of hydrogen-bond acceptors (Lipinski definition) is 4. The molecule has 0 aliphatic carbocycles. The number of hydrogen-bond donors (Lipinski definition) is 0. The first-order valence-electron chi connectivity index (χ1n) is 11.8. The Labute approximate surface area is 201 Å². The summed E-state index contributed by atoms with van der Waals surface area (Å²) in [5, 5.41) is 1.16. The lowest BCUT2D eigenvalue weighted by atomic mass is 9.99. The molecule has 32 heavy (non-hydrogen) atoms. The average molecular weight is 475 g/mol. The van der Waals surface area contributed by atoms with Crippen LogP contribution in [0.3, 0.4) is 0 Å². The second-order valence-corrected chi connectivity index (χ2v) is 9.83. The molecule has 5 nitrogen and oxygen atoms in total. The van der Waals surface area contributed by atoms with E-state index in [1.807, 2.05) is 30.0 Å². The van der Waals surface area contributed by atoms with Gasteiger partial charge in [0.15, 0.2) is 0 Å². The van der Waals surface area contributed by atoms with Gasteiger partial charge in [0.25, 0.3) is 5.91 Å². The van der Waals surface area contributed by atoms with Crippen LogP contribution in [0.25, 0.3) is 0 Å². The van der Waals surface area contributed by atoms with Gasteiger partial charge >= 0.3 is 0 Å². The minimum Gasteiger partial charge on any atom is -0.337 e. The highest BCUT2D eigenvalue weighted by molar-refractivity contribution is 6.42. The highest BCUT2D eigenvalue weighted by Crippen LogP contribution is 2.25. The van der Waals surface area contributed by atoms with Gasteiger partial charge in [0, 0.05) is 30.4 Å². The third kappa shape index (κ3) is 5.62. The van der Waals surface area contributed by atoms with Crippen LogP contribution >= 0.6 is 23.2 Å². The zero-order valence-corrected chi connectivity index (χ0v) is 20.3. The van der Waals surface area contributed by atoms with Crippen molar-refractivity contribution in [3.05, 3.63) is 57.1 Å². The van der Waals surface area contributed by atoms with E-state index in [0.717, 1.165) is 62.0 Å². The Balaban J connectivity index is 1.33. The van der Waals surface area contributed by atoms with E-state index in [1.54, 1.807) is 0 Å². The van der Waals surface area contributed by atoms with Crippen molar-refractivity contribution in [1.29, 1.82) is 0 Å². The van der Waals surface area contributed by atoms with Crippen molar-refractivity contribution in [2.24, 2.45) is 0 Å². The SMILES string of the molecule is Cc1c(CCCc2ccc(Cl)c(Cl)c2)ncnc1C(=O)N1CCC(N2CCCCC2)CC1. The maximum atomic E-state index is 13.2. The molecule has 7 heteroatoms. The molecule has 172 valence electrons. The Bertz CT molecular complexity index is 938. The van der Waals surface area contributed by atoms with E-state index in [-0.39, 0.29) is 5.91 Å². The Morgan fingerprint density at radius 2 is 1.75 bits per heavy atom. The first-order valence-corrected chi connectivity index (χ1v) is 12.6. The minimum absolute atomic E-state index is 0.0488. The monoisotopic (exact) mass is 474 g/mol. The third-order valence-electron chi connectivity index (χ3n) is 6.91. The Morgan fingerprint density at radius 3 is 2.47 bits per heavy atom. The molecule has 2 aliphatic heterocycles. The van der Waals surface area contributed by atoms with Crippen molar-refractivity contribution in [2.75, 3.05) is 26.2 Å². The van der Waals surface area contributed by atoms with E-state index >= 15 is 0 Å². The fourth-order valence-electron chi connectivity index (χ4n) is 4.98. The molecule has 2 aliphatic rings.